The number of nitrogens with zero attached hydrogens (tertiary/aromatic N) is 2. The fourth-order valence-corrected chi connectivity index (χ4v) is 3.83. The minimum Gasteiger partial charge on any atom is -0.464 e. The first-order valence-electron chi connectivity index (χ1n) is 9.82. The number of hydrogen-bond donors (Lipinski definition) is 0. The highest BCUT2D eigenvalue weighted by atomic mass is 16.7. The van der Waals surface area contributed by atoms with Crippen molar-refractivity contribution in [2.75, 3.05) is 20.4 Å². The van der Waals surface area contributed by atoms with Crippen molar-refractivity contribution in [1.82, 2.24) is 9.47 Å². The van der Waals surface area contributed by atoms with Gasteiger partial charge < -0.3 is 23.7 Å². The van der Waals surface area contributed by atoms with E-state index < -0.39 is 12.0 Å². The molecule has 0 saturated carbocycles. The lowest BCUT2D eigenvalue weighted by molar-refractivity contribution is 0.0588. The number of hydrogen-bond acceptors (Lipinski definition) is 6. The summed E-state index contributed by atoms with van der Waals surface area (Å²) in [6, 6.07) is 4.12. The standard InChI is InChI=1S/C23H26N2O6/c1-7-10-25(22(27)16-8-9-17-18(11-16)31-12-30-17)15(4)21(26)19-13(2)20(23(28)29-6)24(5)14(19)3/h7-9,11,15H,1,10,12H2,2-6H3. The van der Waals surface area contributed by atoms with Gasteiger partial charge in [-0.1, -0.05) is 6.08 Å². The zero-order valence-corrected chi connectivity index (χ0v) is 18.4. The molecule has 0 N–H and O–H groups in total. The van der Waals surface area contributed by atoms with Crippen molar-refractivity contribution in [1.29, 1.82) is 0 Å². The molecule has 2 heterocycles. The summed E-state index contributed by atoms with van der Waals surface area (Å²) in [5.41, 5.74) is 2.25. The second kappa shape index (κ2) is 8.67. The minimum absolute atomic E-state index is 0.104. The van der Waals surface area contributed by atoms with Crippen molar-refractivity contribution >= 4 is 17.7 Å². The van der Waals surface area contributed by atoms with Crippen LogP contribution in [-0.2, 0) is 11.8 Å². The highest BCUT2D eigenvalue weighted by Gasteiger charge is 2.32. The van der Waals surface area contributed by atoms with Crippen LogP contribution in [-0.4, -0.2) is 53.6 Å². The van der Waals surface area contributed by atoms with Gasteiger partial charge in [-0.2, -0.15) is 0 Å². The lowest BCUT2D eigenvalue weighted by Crippen LogP contribution is -2.43. The number of carbonyl (C=O) groups excluding carboxylic acids is 3. The molecular formula is C23H26N2O6. The molecule has 0 bridgehead atoms. The minimum atomic E-state index is -0.791. The zero-order chi connectivity index (χ0) is 22.9. The van der Waals surface area contributed by atoms with Gasteiger partial charge >= 0.3 is 5.97 Å². The number of Topliss-reactive ketones (excluding diaryl/α,β-unsaturated/α-hetero) is 1. The summed E-state index contributed by atoms with van der Waals surface area (Å²) in [5.74, 6) is -0.0629. The topological polar surface area (TPSA) is 87.1 Å². The maximum Gasteiger partial charge on any atom is 0.354 e. The normalized spacial score (nSPS) is 12.9. The Morgan fingerprint density at radius 3 is 2.58 bits per heavy atom. The number of methoxy groups -OCH3 is 1. The van der Waals surface area contributed by atoms with Gasteiger partial charge in [0.2, 0.25) is 6.79 Å². The molecule has 3 rings (SSSR count). The summed E-state index contributed by atoms with van der Waals surface area (Å²) < 4.78 is 17.1. The van der Waals surface area contributed by atoms with E-state index in [1.807, 2.05) is 0 Å². The molecule has 1 aliphatic heterocycles. The summed E-state index contributed by atoms with van der Waals surface area (Å²) in [7, 11) is 3.00. The fourth-order valence-electron chi connectivity index (χ4n) is 3.83. The number of ether oxygens (including phenoxy) is 3. The molecule has 1 amide bonds. The van der Waals surface area contributed by atoms with Gasteiger partial charge in [0.05, 0.1) is 13.2 Å². The molecule has 1 aromatic heterocycles. The van der Waals surface area contributed by atoms with Crippen LogP contribution in [0.5, 0.6) is 11.5 Å². The van der Waals surface area contributed by atoms with E-state index in [4.69, 9.17) is 14.2 Å². The van der Waals surface area contributed by atoms with Crippen molar-refractivity contribution in [3.05, 3.63) is 58.9 Å². The molecule has 8 nitrogen and oxygen atoms in total. The first-order valence-corrected chi connectivity index (χ1v) is 9.82. The molecular weight excluding hydrogens is 400 g/mol. The first kappa shape index (κ1) is 22.1. The fraction of sp³-hybridized carbons (Fsp3) is 0.348. The number of ketones is 1. The average Bonchev–Trinajstić information content (AvgIpc) is 3.32. The van der Waals surface area contributed by atoms with Crippen LogP contribution in [0.1, 0.15) is 49.4 Å². The molecule has 31 heavy (non-hydrogen) atoms. The molecule has 0 aliphatic carbocycles. The molecule has 1 unspecified atom stereocenters. The summed E-state index contributed by atoms with van der Waals surface area (Å²) >= 11 is 0. The number of benzene rings is 1. The van der Waals surface area contributed by atoms with Crippen LogP contribution >= 0.6 is 0 Å². The highest BCUT2D eigenvalue weighted by molar-refractivity contribution is 6.07. The molecule has 0 saturated heterocycles. The van der Waals surface area contributed by atoms with E-state index >= 15 is 0 Å². The van der Waals surface area contributed by atoms with Gasteiger partial charge in [0.15, 0.2) is 17.3 Å². The van der Waals surface area contributed by atoms with E-state index in [-0.39, 0.29) is 25.0 Å². The average molecular weight is 426 g/mol. The number of aromatic nitrogens is 1. The smallest absolute Gasteiger partial charge is 0.354 e. The number of carbonyl (C=O) groups is 3. The van der Waals surface area contributed by atoms with Crippen molar-refractivity contribution in [2.45, 2.75) is 26.8 Å². The van der Waals surface area contributed by atoms with Crippen LogP contribution in [0.3, 0.4) is 0 Å². The largest absolute Gasteiger partial charge is 0.464 e. The molecule has 0 radical (unpaired) electrons. The highest BCUT2D eigenvalue weighted by Crippen LogP contribution is 2.33. The molecule has 1 aliphatic rings. The zero-order valence-electron chi connectivity index (χ0n) is 18.4. The van der Waals surface area contributed by atoms with Gasteiger partial charge in [-0.25, -0.2) is 4.79 Å². The van der Waals surface area contributed by atoms with Crippen LogP contribution in [0.25, 0.3) is 0 Å². The Bertz CT molecular complexity index is 1070. The molecule has 1 aromatic carbocycles. The van der Waals surface area contributed by atoms with Gasteiger partial charge in [0, 0.05) is 30.4 Å². The van der Waals surface area contributed by atoms with E-state index in [9.17, 15) is 14.4 Å². The van der Waals surface area contributed by atoms with Gasteiger partial charge in [-0.05, 0) is 44.5 Å². The number of fused-ring (bicyclic) bond motifs is 1. The van der Waals surface area contributed by atoms with E-state index in [0.717, 1.165) is 0 Å². The summed E-state index contributed by atoms with van der Waals surface area (Å²) in [6.07, 6.45) is 1.57. The van der Waals surface area contributed by atoms with Crippen molar-refractivity contribution in [3.63, 3.8) is 0 Å². The van der Waals surface area contributed by atoms with Gasteiger partial charge in [-0.3, -0.25) is 9.59 Å². The molecule has 164 valence electrons. The van der Waals surface area contributed by atoms with Crippen molar-refractivity contribution in [2.24, 2.45) is 7.05 Å². The third-order valence-corrected chi connectivity index (χ3v) is 5.61. The summed E-state index contributed by atoms with van der Waals surface area (Å²) in [4.78, 5) is 40.3. The van der Waals surface area contributed by atoms with E-state index in [0.29, 0.717) is 39.6 Å². The quantitative estimate of drug-likeness (QED) is 0.384. The van der Waals surface area contributed by atoms with Crippen LogP contribution in [0.2, 0.25) is 0 Å². The predicted octanol–water partition coefficient (Wildman–Crippen LogP) is 3.06. The van der Waals surface area contributed by atoms with Gasteiger partial charge in [-0.15, -0.1) is 6.58 Å². The molecule has 2 aromatic rings. The second-order valence-corrected chi connectivity index (χ2v) is 7.34. The molecule has 1 atom stereocenters. The molecule has 0 spiro atoms. The Kier molecular flexibility index (Phi) is 6.19. The van der Waals surface area contributed by atoms with E-state index in [1.54, 1.807) is 56.7 Å². The van der Waals surface area contributed by atoms with E-state index in [1.165, 1.54) is 12.0 Å². The lowest BCUT2D eigenvalue weighted by atomic mass is 9.99. The van der Waals surface area contributed by atoms with Gasteiger partial charge in [0.25, 0.3) is 5.91 Å². The Hall–Kier alpha value is -3.55. The number of esters is 1. The van der Waals surface area contributed by atoms with E-state index in [2.05, 4.69) is 6.58 Å². The Labute approximate surface area is 181 Å². The molecule has 8 heteroatoms. The monoisotopic (exact) mass is 426 g/mol. The number of rotatable bonds is 7. The Morgan fingerprint density at radius 1 is 1.26 bits per heavy atom. The SMILES string of the molecule is C=CCN(C(=O)c1ccc2c(c1)OCO2)C(C)C(=O)c1c(C)c(C(=O)OC)n(C)c1C. The van der Waals surface area contributed by atoms with Crippen molar-refractivity contribution < 1.29 is 28.6 Å². The third-order valence-electron chi connectivity index (χ3n) is 5.61. The second-order valence-electron chi connectivity index (χ2n) is 7.34. The Balaban J connectivity index is 1.96. The van der Waals surface area contributed by atoms with Crippen LogP contribution < -0.4 is 9.47 Å². The first-order chi connectivity index (χ1) is 14.7. The summed E-state index contributed by atoms with van der Waals surface area (Å²) in [5, 5.41) is 0. The Morgan fingerprint density at radius 2 is 1.94 bits per heavy atom. The van der Waals surface area contributed by atoms with Crippen molar-refractivity contribution in [3.8, 4) is 11.5 Å². The predicted molar refractivity (Wildman–Crippen MR) is 114 cm³/mol. The third kappa shape index (κ3) is 3.81. The number of amides is 1. The maximum atomic E-state index is 13.5. The lowest BCUT2D eigenvalue weighted by Gasteiger charge is -2.27. The van der Waals surface area contributed by atoms with Crippen LogP contribution in [0, 0.1) is 13.8 Å². The van der Waals surface area contributed by atoms with Crippen LogP contribution in [0.4, 0.5) is 0 Å². The van der Waals surface area contributed by atoms with Crippen LogP contribution in [0.15, 0.2) is 30.9 Å². The molecule has 0 fully saturated rings. The van der Waals surface area contributed by atoms with Gasteiger partial charge in [0.1, 0.15) is 5.69 Å². The maximum absolute atomic E-state index is 13.5. The summed E-state index contributed by atoms with van der Waals surface area (Å²) in [6.45, 7) is 9.13.